The molecule has 0 amide bonds. The second-order valence-electron chi connectivity index (χ2n) is 3.94. The molecule has 0 aromatic rings. The van der Waals surface area contributed by atoms with Gasteiger partial charge in [0.2, 0.25) is 5.60 Å². The second-order valence-corrected chi connectivity index (χ2v) is 3.94. The Balaban J connectivity index is 5.04. The normalized spacial score (nSPS) is 15.0. The number of carbonyl (C=O) groups is 3. The van der Waals surface area contributed by atoms with Crippen molar-refractivity contribution in [3.05, 3.63) is 0 Å². The Bertz CT molecular complexity index is 339. The van der Waals surface area contributed by atoms with Gasteiger partial charge in [-0.2, -0.15) is 0 Å². The number of aliphatic hydroxyl groups excluding tert-OH is 1. The van der Waals surface area contributed by atoms with Crippen molar-refractivity contribution in [1.29, 1.82) is 0 Å². The van der Waals surface area contributed by atoms with Crippen molar-refractivity contribution < 1.29 is 34.0 Å². The Morgan fingerprint density at radius 3 is 2.11 bits per heavy atom. The number of ether oxygens (including phenoxy) is 1. The van der Waals surface area contributed by atoms with E-state index < -0.39 is 29.6 Å². The maximum absolute atomic E-state index is 11.9. The summed E-state index contributed by atoms with van der Waals surface area (Å²) in [6.45, 7) is 5.79. The van der Waals surface area contributed by atoms with Crippen LogP contribution in [0.4, 0.5) is 0 Å². The Hall–Kier alpha value is -1.63. The van der Waals surface area contributed by atoms with Gasteiger partial charge in [-0.25, -0.2) is 19.4 Å². The first-order valence-electron chi connectivity index (χ1n) is 6.13. The van der Waals surface area contributed by atoms with Crippen molar-refractivity contribution in [3.8, 4) is 0 Å². The van der Waals surface area contributed by atoms with Crippen LogP contribution in [-0.2, 0) is 28.9 Å². The van der Waals surface area contributed by atoms with Crippen molar-refractivity contribution in [3.63, 3.8) is 0 Å². The summed E-state index contributed by atoms with van der Waals surface area (Å²) in [5.74, 6) is -2.60. The van der Waals surface area contributed by atoms with E-state index in [0.29, 0.717) is 0 Å². The monoisotopic (exact) mass is 276 g/mol. The molecular formula is C12H20O7. The summed E-state index contributed by atoms with van der Waals surface area (Å²) in [7, 11) is 0. The summed E-state index contributed by atoms with van der Waals surface area (Å²) in [5, 5.41) is 9.89. The summed E-state index contributed by atoms with van der Waals surface area (Å²) in [6, 6.07) is 0. The SMILES string of the molecule is CCC(=O)OOC(=O)C(CC)(OC(C)=O)C(O)CC. The van der Waals surface area contributed by atoms with Gasteiger partial charge in [-0.1, -0.05) is 20.8 Å². The summed E-state index contributed by atoms with van der Waals surface area (Å²) >= 11 is 0. The summed E-state index contributed by atoms with van der Waals surface area (Å²) < 4.78 is 4.91. The minimum Gasteiger partial charge on any atom is -0.444 e. The van der Waals surface area contributed by atoms with Crippen LogP contribution in [0.5, 0.6) is 0 Å². The van der Waals surface area contributed by atoms with Crippen LogP contribution in [0, 0.1) is 0 Å². The average Bonchev–Trinajstić information content (AvgIpc) is 2.40. The van der Waals surface area contributed by atoms with E-state index in [1.807, 2.05) is 0 Å². The van der Waals surface area contributed by atoms with Crippen molar-refractivity contribution in [2.45, 2.75) is 58.7 Å². The maximum atomic E-state index is 11.9. The molecule has 0 spiro atoms. The minimum atomic E-state index is -1.87. The predicted molar refractivity (Wildman–Crippen MR) is 63.6 cm³/mol. The Labute approximate surface area is 111 Å². The predicted octanol–water partition coefficient (Wildman–Crippen LogP) is 0.881. The minimum absolute atomic E-state index is 0.00983. The third-order valence-electron chi connectivity index (χ3n) is 2.62. The molecule has 7 nitrogen and oxygen atoms in total. The lowest BCUT2D eigenvalue weighted by Crippen LogP contribution is -2.53. The van der Waals surface area contributed by atoms with Crippen molar-refractivity contribution in [1.82, 2.24) is 0 Å². The fourth-order valence-electron chi connectivity index (χ4n) is 1.50. The molecule has 2 unspecified atom stereocenters. The van der Waals surface area contributed by atoms with Crippen molar-refractivity contribution in [2.24, 2.45) is 0 Å². The molecule has 110 valence electrons. The molecule has 0 radical (unpaired) electrons. The number of esters is 1. The van der Waals surface area contributed by atoms with Gasteiger partial charge in [-0.15, -0.1) is 0 Å². The molecule has 0 heterocycles. The number of carbonyl (C=O) groups excluding carboxylic acids is 3. The molecule has 2 atom stereocenters. The van der Waals surface area contributed by atoms with Crippen LogP contribution in [0.15, 0.2) is 0 Å². The zero-order valence-corrected chi connectivity index (χ0v) is 11.6. The third-order valence-corrected chi connectivity index (χ3v) is 2.62. The fourth-order valence-corrected chi connectivity index (χ4v) is 1.50. The first-order valence-corrected chi connectivity index (χ1v) is 6.13. The molecule has 0 saturated carbocycles. The molecule has 0 fully saturated rings. The van der Waals surface area contributed by atoms with Crippen LogP contribution in [0.1, 0.15) is 47.0 Å². The zero-order valence-electron chi connectivity index (χ0n) is 11.6. The van der Waals surface area contributed by atoms with E-state index in [9.17, 15) is 19.5 Å². The second kappa shape index (κ2) is 7.73. The van der Waals surface area contributed by atoms with Crippen molar-refractivity contribution >= 4 is 17.9 Å². The molecule has 0 bridgehead atoms. The molecule has 1 N–H and O–H groups in total. The van der Waals surface area contributed by atoms with E-state index in [2.05, 4.69) is 9.78 Å². The highest BCUT2D eigenvalue weighted by Crippen LogP contribution is 2.25. The van der Waals surface area contributed by atoms with E-state index in [4.69, 9.17) is 4.74 Å². The van der Waals surface area contributed by atoms with Crippen LogP contribution in [0.3, 0.4) is 0 Å². The molecule has 7 heteroatoms. The number of hydrogen-bond acceptors (Lipinski definition) is 7. The number of hydrogen-bond donors (Lipinski definition) is 1. The quantitative estimate of drug-likeness (QED) is 0.436. The summed E-state index contributed by atoms with van der Waals surface area (Å²) in [4.78, 5) is 42.5. The third kappa shape index (κ3) is 4.51. The van der Waals surface area contributed by atoms with Gasteiger partial charge in [0.05, 0.1) is 0 Å². The highest BCUT2D eigenvalue weighted by Gasteiger charge is 2.49. The molecule has 0 aliphatic heterocycles. The van der Waals surface area contributed by atoms with Crippen LogP contribution in [-0.4, -0.2) is 34.7 Å². The lowest BCUT2D eigenvalue weighted by Gasteiger charge is -2.32. The lowest BCUT2D eigenvalue weighted by atomic mass is 9.91. The van der Waals surface area contributed by atoms with Gasteiger partial charge in [-0.05, 0) is 12.8 Å². The van der Waals surface area contributed by atoms with Crippen molar-refractivity contribution in [2.75, 3.05) is 0 Å². The van der Waals surface area contributed by atoms with E-state index in [0.717, 1.165) is 6.92 Å². The molecule has 0 aliphatic carbocycles. The molecule has 0 aromatic heterocycles. The summed E-state index contributed by atoms with van der Waals surface area (Å²) in [5.41, 5.74) is -1.87. The Morgan fingerprint density at radius 2 is 1.74 bits per heavy atom. The summed E-state index contributed by atoms with van der Waals surface area (Å²) in [6.07, 6.45) is -1.08. The van der Waals surface area contributed by atoms with Gasteiger partial charge in [0.15, 0.2) is 0 Å². The molecule has 0 saturated heterocycles. The van der Waals surface area contributed by atoms with E-state index in [-0.39, 0.29) is 19.3 Å². The van der Waals surface area contributed by atoms with Gasteiger partial charge in [0, 0.05) is 13.3 Å². The molecule has 19 heavy (non-hydrogen) atoms. The smallest absolute Gasteiger partial charge is 0.401 e. The molecule has 0 rings (SSSR count). The fraction of sp³-hybridized carbons (Fsp3) is 0.750. The Morgan fingerprint density at radius 1 is 1.16 bits per heavy atom. The number of rotatable bonds is 6. The average molecular weight is 276 g/mol. The van der Waals surface area contributed by atoms with Gasteiger partial charge in [-0.3, -0.25) is 4.79 Å². The molecular weight excluding hydrogens is 256 g/mol. The maximum Gasteiger partial charge on any atom is 0.401 e. The largest absolute Gasteiger partial charge is 0.444 e. The van der Waals surface area contributed by atoms with E-state index >= 15 is 0 Å². The van der Waals surface area contributed by atoms with Gasteiger partial charge in [0.1, 0.15) is 6.10 Å². The van der Waals surface area contributed by atoms with E-state index in [1.54, 1.807) is 13.8 Å². The van der Waals surface area contributed by atoms with Crippen LogP contribution in [0.2, 0.25) is 0 Å². The van der Waals surface area contributed by atoms with Crippen LogP contribution < -0.4 is 0 Å². The van der Waals surface area contributed by atoms with Gasteiger partial charge in [0.25, 0.3) is 0 Å². The van der Waals surface area contributed by atoms with E-state index in [1.165, 1.54) is 6.92 Å². The highest BCUT2D eigenvalue weighted by atomic mass is 17.2. The number of aliphatic hydroxyl groups is 1. The standard InChI is InChI=1S/C12H20O7/c1-5-9(14)12(7-3,17-8(4)13)11(16)19-18-10(15)6-2/h9,14H,5-7H2,1-4H3. The van der Waals surface area contributed by atoms with Gasteiger partial charge < -0.3 is 9.84 Å². The topological polar surface area (TPSA) is 99.1 Å². The molecule has 0 aromatic carbocycles. The zero-order chi connectivity index (χ0) is 15.1. The lowest BCUT2D eigenvalue weighted by molar-refractivity contribution is -0.277. The first kappa shape index (κ1) is 17.4. The first-order chi connectivity index (χ1) is 8.83. The Kier molecular flexibility index (Phi) is 7.06. The van der Waals surface area contributed by atoms with Crippen LogP contribution >= 0.6 is 0 Å². The highest BCUT2D eigenvalue weighted by molar-refractivity contribution is 5.84. The van der Waals surface area contributed by atoms with Gasteiger partial charge >= 0.3 is 17.9 Å². The molecule has 0 aliphatic rings. The van der Waals surface area contributed by atoms with Crippen LogP contribution in [0.25, 0.3) is 0 Å².